The summed E-state index contributed by atoms with van der Waals surface area (Å²) in [5.41, 5.74) is -0.231. The van der Waals surface area contributed by atoms with Crippen LogP contribution in [-0.4, -0.2) is 24.2 Å². The van der Waals surface area contributed by atoms with Crippen LogP contribution in [0.1, 0.15) is 6.92 Å². The van der Waals surface area contributed by atoms with Crippen LogP contribution in [0.2, 0.25) is 0 Å². The van der Waals surface area contributed by atoms with E-state index in [1.807, 2.05) is 6.92 Å². The molecule has 2 rings (SSSR count). The molecule has 2 atom stereocenters. The van der Waals surface area contributed by atoms with Crippen LogP contribution in [-0.2, 0) is 4.74 Å². The molecule has 1 saturated heterocycles. The van der Waals surface area contributed by atoms with Crippen molar-refractivity contribution in [2.24, 2.45) is 5.92 Å². The molecule has 6 heteroatoms. The molecule has 17 heavy (non-hydrogen) atoms. The van der Waals surface area contributed by atoms with Gasteiger partial charge in [0.05, 0.1) is 18.1 Å². The molecule has 1 aliphatic heterocycles. The van der Waals surface area contributed by atoms with Crippen LogP contribution in [0.4, 0.5) is 10.1 Å². The Morgan fingerprint density at radius 2 is 2.29 bits per heavy atom. The molecular formula is C11H12FNO4. The quantitative estimate of drug-likeness (QED) is 0.600. The van der Waals surface area contributed by atoms with Crippen molar-refractivity contribution in [1.29, 1.82) is 0 Å². The molecule has 0 unspecified atom stereocenters. The first-order valence-corrected chi connectivity index (χ1v) is 5.26. The van der Waals surface area contributed by atoms with Crippen molar-refractivity contribution in [2.75, 3.05) is 13.2 Å². The number of nitro benzene ring substituents is 1. The van der Waals surface area contributed by atoms with E-state index in [2.05, 4.69) is 0 Å². The Hall–Kier alpha value is -1.69. The van der Waals surface area contributed by atoms with Gasteiger partial charge in [0.25, 0.3) is 0 Å². The number of hydrogen-bond acceptors (Lipinski definition) is 4. The van der Waals surface area contributed by atoms with Gasteiger partial charge in [0, 0.05) is 18.1 Å². The van der Waals surface area contributed by atoms with Gasteiger partial charge < -0.3 is 9.47 Å². The van der Waals surface area contributed by atoms with Crippen molar-refractivity contribution in [1.82, 2.24) is 0 Å². The van der Waals surface area contributed by atoms with Gasteiger partial charge in [0.15, 0.2) is 5.75 Å². The maximum Gasteiger partial charge on any atom is 0.311 e. The van der Waals surface area contributed by atoms with E-state index >= 15 is 0 Å². The van der Waals surface area contributed by atoms with Crippen LogP contribution in [0.5, 0.6) is 5.75 Å². The molecule has 92 valence electrons. The zero-order valence-corrected chi connectivity index (χ0v) is 9.26. The monoisotopic (exact) mass is 241 g/mol. The Bertz CT molecular complexity index is 437. The lowest BCUT2D eigenvalue weighted by atomic mass is 10.1. The van der Waals surface area contributed by atoms with Crippen LogP contribution in [0, 0.1) is 21.8 Å². The standard InChI is InChI=1S/C11H12FNO4/c1-7-5-16-6-11(7)17-10-4-8(12)2-3-9(10)13(14)15/h2-4,7,11H,5-6H2,1H3/t7-,11-/m0/s1. The summed E-state index contributed by atoms with van der Waals surface area (Å²) < 4.78 is 23.7. The number of halogens is 1. The molecule has 1 fully saturated rings. The zero-order valence-electron chi connectivity index (χ0n) is 9.26. The SMILES string of the molecule is C[C@H]1COC[C@@H]1Oc1cc(F)ccc1[N+](=O)[O-]. The average Bonchev–Trinajstić information content (AvgIpc) is 2.64. The van der Waals surface area contributed by atoms with Crippen molar-refractivity contribution >= 4 is 5.69 Å². The lowest BCUT2D eigenvalue weighted by Crippen LogP contribution is -2.23. The first kappa shape index (κ1) is 11.8. The van der Waals surface area contributed by atoms with E-state index < -0.39 is 10.7 Å². The average molecular weight is 241 g/mol. The van der Waals surface area contributed by atoms with Gasteiger partial charge in [-0.25, -0.2) is 4.39 Å². The largest absolute Gasteiger partial charge is 0.481 e. The summed E-state index contributed by atoms with van der Waals surface area (Å²) in [5, 5.41) is 10.8. The molecule has 0 amide bonds. The summed E-state index contributed by atoms with van der Waals surface area (Å²) in [6.07, 6.45) is -0.268. The van der Waals surface area contributed by atoms with E-state index in [9.17, 15) is 14.5 Å². The van der Waals surface area contributed by atoms with Crippen molar-refractivity contribution in [3.63, 3.8) is 0 Å². The lowest BCUT2D eigenvalue weighted by molar-refractivity contribution is -0.386. The van der Waals surface area contributed by atoms with Gasteiger partial charge in [0.2, 0.25) is 0 Å². The Balaban J connectivity index is 2.24. The Kier molecular flexibility index (Phi) is 3.23. The second-order valence-electron chi connectivity index (χ2n) is 4.04. The van der Waals surface area contributed by atoms with Gasteiger partial charge >= 0.3 is 5.69 Å². The van der Waals surface area contributed by atoms with Crippen LogP contribution >= 0.6 is 0 Å². The molecule has 5 nitrogen and oxygen atoms in total. The lowest BCUT2D eigenvalue weighted by Gasteiger charge is -2.15. The van der Waals surface area contributed by atoms with E-state index in [4.69, 9.17) is 9.47 Å². The second-order valence-corrected chi connectivity index (χ2v) is 4.04. The smallest absolute Gasteiger partial charge is 0.311 e. The third-order valence-electron chi connectivity index (χ3n) is 2.69. The molecule has 1 aliphatic rings. The highest BCUT2D eigenvalue weighted by Crippen LogP contribution is 2.30. The van der Waals surface area contributed by atoms with Gasteiger partial charge in [-0.1, -0.05) is 6.92 Å². The topological polar surface area (TPSA) is 61.6 Å². The van der Waals surface area contributed by atoms with E-state index in [1.165, 1.54) is 0 Å². The number of nitrogens with zero attached hydrogens (tertiary/aromatic N) is 1. The normalized spacial score (nSPS) is 23.6. The predicted octanol–water partition coefficient (Wildman–Crippen LogP) is 2.15. The van der Waals surface area contributed by atoms with Gasteiger partial charge in [0.1, 0.15) is 11.9 Å². The highest BCUT2D eigenvalue weighted by Gasteiger charge is 2.28. The number of rotatable bonds is 3. The van der Waals surface area contributed by atoms with Crippen LogP contribution in [0.25, 0.3) is 0 Å². The van der Waals surface area contributed by atoms with E-state index in [1.54, 1.807) is 0 Å². The minimum atomic E-state index is -0.588. The number of nitro groups is 1. The summed E-state index contributed by atoms with van der Waals surface area (Å²) in [4.78, 5) is 10.2. The predicted molar refractivity (Wildman–Crippen MR) is 57.5 cm³/mol. The van der Waals surface area contributed by atoms with E-state index in [0.29, 0.717) is 13.2 Å². The van der Waals surface area contributed by atoms with Gasteiger partial charge in [-0.3, -0.25) is 10.1 Å². The molecule has 1 aromatic carbocycles. The molecule has 0 radical (unpaired) electrons. The van der Waals surface area contributed by atoms with Crippen LogP contribution in [0.15, 0.2) is 18.2 Å². The molecule has 1 heterocycles. The third-order valence-corrected chi connectivity index (χ3v) is 2.69. The number of hydrogen-bond donors (Lipinski definition) is 0. The van der Waals surface area contributed by atoms with Crippen LogP contribution < -0.4 is 4.74 Å². The summed E-state index contributed by atoms with van der Waals surface area (Å²) in [6.45, 7) is 2.84. The van der Waals surface area contributed by atoms with E-state index in [-0.39, 0.29) is 23.5 Å². The number of benzene rings is 1. The maximum absolute atomic E-state index is 13.0. The maximum atomic E-state index is 13.0. The summed E-state index contributed by atoms with van der Waals surface area (Å²) >= 11 is 0. The third kappa shape index (κ3) is 2.52. The molecule has 0 aromatic heterocycles. The first-order valence-electron chi connectivity index (χ1n) is 5.26. The Morgan fingerprint density at radius 3 is 2.88 bits per heavy atom. The molecule has 0 bridgehead atoms. The summed E-state index contributed by atoms with van der Waals surface area (Å²) in [6, 6.07) is 3.17. The second kappa shape index (κ2) is 4.67. The van der Waals surface area contributed by atoms with Crippen molar-refractivity contribution in [2.45, 2.75) is 13.0 Å². The number of ether oxygens (including phenoxy) is 2. The first-order chi connectivity index (χ1) is 8.08. The molecule has 0 saturated carbocycles. The fourth-order valence-corrected chi connectivity index (χ4v) is 1.69. The molecule has 0 N–H and O–H groups in total. The summed E-state index contributed by atoms with van der Waals surface area (Å²) in [7, 11) is 0. The van der Waals surface area contributed by atoms with E-state index in [0.717, 1.165) is 18.2 Å². The molecule has 0 aliphatic carbocycles. The van der Waals surface area contributed by atoms with Crippen molar-refractivity contribution in [3.8, 4) is 5.75 Å². The fourth-order valence-electron chi connectivity index (χ4n) is 1.69. The van der Waals surface area contributed by atoms with Crippen molar-refractivity contribution < 1.29 is 18.8 Å². The minimum absolute atomic E-state index is 0.0441. The van der Waals surface area contributed by atoms with Gasteiger partial charge in [-0.15, -0.1) is 0 Å². The van der Waals surface area contributed by atoms with Gasteiger partial charge in [-0.05, 0) is 6.07 Å². The van der Waals surface area contributed by atoms with Gasteiger partial charge in [-0.2, -0.15) is 0 Å². The van der Waals surface area contributed by atoms with Crippen molar-refractivity contribution in [3.05, 3.63) is 34.1 Å². The molecule has 1 aromatic rings. The fraction of sp³-hybridized carbons (Fsp3) is 0.455. The molecule has 0 spiro atoms. The Morgan fingerprint density at radius 1 is 1.53 bits per heavy atom. The summed E-state index contributed by atoms with van der Waals surface area (Å²) in [5.74, 6) is -0.465. The Labute approximate surface area is 97.3 Å². The zero-order chi connectivity index (χ0) is 12.4. The van der Waals surface area contributed by atoms with Crippen LogP contribution in [0.3, 0.4) is 0 Å². The minimum Gasteiger partial charge on any atom is -0.481 e. The highest BCUT2D eigenvalue weighted by molar-refractivity contribution is 5.46. The highest BCUT2D eigenvalue weighted by atomic mass is 19.1. The molecular weight excluding hydrogens is 229 g/mol.